The average Bonchev–Trinajstić information content (AvgIpc) is 3.19. The van der Waals surface area contributed by atoms with Gasteiger partial charge in [0, 0.05) is 33.0 Å². The van der Waals surface area contributed by atoms with Crippen LogP contribution in [0, 0.1) is 10.1 Å². The van der Waals surface area contributed by atoms with Crippen molar-refractivity contribution in [2.75, 3.05) is 5.32 Å². The standard InChI is InChI=1S/C18H12Cl2N4O4S/c19-11-2-1-3-12(7-11)23-17(13-8-29(28)9-15(13)22-23)21-18(25)10-4-5-14(20)16(6-10)24(26)27/h1-7H,8-9H2,(H,21,25). The number of nitro groups is 1. The second kappa shape index (κ2) is 7.58. The smallest absolute Gasteiger partial charge is 0.288 e. The Morgan fingerprint density at radius 3 is 2.72 bits per heavy atom. The van der Waals surface area contributed by atoms with Crippen molar-refractivity contribution in [2.24, 2.45) is 0 Å². The predicted octanol–water partition coefficient (Wildman–Crippen LogP) is 4.10. The summed E-state index contributed by atoms with van der Waals surface area (Å²) in [6.07, 6.45) is 0. The van der Waals surface area contributed by atoms with Crippen LogP contribution < -0.4 is 5.32 Å². The van der Waals surface area contributed by atoms with E-state index in [-0.39, 0.29) is 27.8 Å². The van der Waals surface area contributed by atoms with E-state index in [4.69, 9.17) is 23.2 Å². The fraction of sp³-hybridized carbons (Fsp3) is 0.111. The van der Waals surface area contributed by atoms with Crippen LogP contribution in [-0.4, -0.2) is 24.8 Å². The first-order valence-electron chi connectivity index (χ1n) is 8.30. The van der Waals surface area contributed by atoms with E-state index in [1.165, 1.54) is 16.8 Å². The van der Waals surface area contributed by atoms with Crippen molar-refractivity contribution < 1.29 is 13.9 Å². The fourth-order valence-corrected chi connectivity index (χ4v) is 4.66. The summed E-state index contributed by atoms with van der Waals surface area (Å²) in [4.78, 5) is 23.3. The van der Waals surface area contributed by atoms with Crippen LogP contribution in [0.15, 0.2) is 42.5 Å². The molecule has 1 N–H and O–H groups in total. The number of aromatic nitrogens is 2. The van der Waals surface area contributed by atoms with Crippen LogP contribution in [0.4, 0.5) is 11.5 Å². The van der Waals surface area contributed by atoms with Crippen LogP contribution >= 0.6 is 23.2 Å². The number of benzene rings is 2. The molecule has 2 aromatic carbocycles. The molecule has 1 aromatic heterocycles. The van der Waals surface area contributed by atoms with E-state index in [0.717, 1.165) is 6.07 Å². The van der Waals surface area contributed by atoms with Gasteiger partial charge >= 0.3 is 0 Å². The Morgan fingerprint density at radius 2 is 2.00 bits per heavy atom. The van der Waals surface area contributed by atoms with Crippen LogP contribution in [0.5, 0.6) is 0 Å². The van der Waals surface area contributed by atoms with Crippen molar-refractivity contribution in [3.63, 3.8) is 0 Å². The summed E-state index contributed by atoms with van der Waals surface area (Å²) in [6, 6.07) is 10.7. The summed E-state index contributed by atoms with van der Waals surface area (Å²) in [5.74, 6) is 0.328. The minimum atomic E-state index is -1.10. The summed E-state index contributed by atoms with van der Waals surface area (Å²) in [5.41, 5.74) is 1.61. The summed E-state index contributed by atoms with van der Waals surface area (Å²) in [6.45, 7) is 0. The van der Waals surface area contributed by atoms with Crippen molar-refractivity contribution in [1.82, 2.24) is 9.78 Å². The number of rotatable bonds is 4. The molecule has 1 unspecified atom stereocenters. The number of fused-ring (bicyclic) bond motifs is 1. The monoisotopic (exact) mass is 450 g/mol. The Balaban J connectivity index is 1.75. The van der Waals surface area contributed by atoms with Crippen molar-refractivity contribution in [2.45, 2.75) is 11.5 Å². The lowest BCUT2D eigenvalue weighted by Gasteiger charge is -2.11. The van der Waals surface area contributed by atoms with Crippen LogP contribution in [0.2, 0.25) is 10.0 Å². The van der Waals surface area contributed by atoms with E-state index in [9.17, 15) is 19.1 Å². The van der Waals surface area contributed by atoms with Gasteiger partial charge in [-0.3, -0.25) is 19.1 Å². The average molecular weight is 451 g/mol. The third-order valence-electron chi connectivity index (χ3n) is 4.36. The first-order chi connectivity index (χ1) is 13.8. The van der Waals surface area contributed by atoms with Crippen molar-refractivity contribution in [3.05, 3.63) is 79.4 Å². The lowest BCUT2D eigenvalue weighted by Crippen LogP contribution is -2.16. The van der Waals surface area contributed by atoms with E-state index >= 15 is 0 Å². The highest BCUT2D eigenvalue weighted by molar-refractivity contribution is 7.83. The molecule has 0 radical (unpaired) electrons. The largest absolute Gasteiger partial charge is 0.306 e. The Hall–Kier alpha value is -2.75. The van der Waals surface area contributed by atoms with Crippen LogP contribution in [0.25, 0.3) is 5.69 Å². The molecule has 2 heterocycles. The highest BCUT2D eigenvalue weighted by atomic mass is 35.5. The molecule has 1 aliphatic heterocycles. The van der Waals surface area contributed by atoms with Gasteiger partial charge in [0.15, 0.2) is 0 Å². The second-order valence-corrected chi connectivity index (χ2v) is 8.57. The maximum absolute atomic E-state index is 12.8. The first kappa shape index (κ1) is 19.6. The Morgan fingerprint density at radius 1 is 1.21 bits per heavy atom. The van der Waals surface area contributed by atoms with Gasteiger partial charge in [0.2, 0.25) is 0 Å². The first-order valence-corrected chi connectivity index (χ1v) is 10.5. The SMILES string of the molecule is O=C(Nc1c2c(nn1-c1cccc(Cl)c1)CS(=O)C2)c1ccc(Cl)c([N+](=O)[O-])c1. The molecule has 8 nitrogen and oxygen atoms in total. The van der Waals surface area contributed by atoms with Crippen molar-refractivity contribution in [1.29, 1.82) is 0 Å². The lowest BCUT2D eigenvalue weighted by atomic mass is 10.2. The van der Waals surface area contributed by atoms with Gasteiger partial charge in [-0.25, -0.2) is 4.68 Å². The molecule has 0 saturated heterocycles. The number of nitrogens with zero attached hydrogens (tertiary/aromatic N) is 3. The molecule has 29 heavy (non-hydrogen) atoms. The van der Waals surface area contributed by atoms with Gasteiger partial charge in [-0.05, 0) is 30.3 Å². The molecule has 0 saturated carbocycles. The number of carbonyl (C=O) groups is 1. The van der Waals surface area contributed by atoms with Gasteiger partial charge in [-0.15, -0.1) is 0 Å². The Bertz CT molecular complexity index is 1190. The van der Waals surface area contributed by atoms with Crippen molar-refractivity contribution >= 4 is 51.4 Å². The van der Waals surface area contributed by atoms with Crippen LogP contribution in [0.3, 0.4) is 0 Å². The summed E-state index contributed by atoms with van der Waals surface area (Å²) in [5, 5.41) is 18.8. The molecule has 1 aliphatic rings. The number of carbonyl (C=O) groups excluding carboxylic acids is 1. The molecule has 148 valence electrons. The minimum Gasteiger partial charge on any atom is -0.306 e. The third-order valence-corrected chi connectivity index (χ3v) is 6.12. The number of halogens is 2. The normalized spacial score (nSPS) is 15.2. The van der Waals surface area contributed by atoms with Crippen LogP contribution in [-0.2, 0) is 22.3 Å². The molecule has 1 amide bonds. The maximum atomic E-state index is 12.8. The van der Waals surface area contributed by atoms with Gasteiger partial charge in [0.05, 0.1) is 27.8 Å². The molecule has 0 spiro atoms. The zero-order valence-electron chi connectivity index (χ0n) is 14.6. The number of nitrogens with one attached hydrogen (secondary N) is 1. The maximum Gasteiger partial charge on any atom is 0.288 e. The molecule has 0 fully saturated rings. The van der Waals surface area contributed by atoms with Gasteiger partial charge in [-0.2, -0.15) is 5.10 Å². The lowest BCUT2D eigenvalue weighted by molar-refractivity contribution is -0.384. The summed E-state index contributed by atoms with van der Waals surface area (Å²) in [7, 11) is -1.10. The van der Waals surface area contributed by atoms with E-state index in [2.05, 4.69) is 10.4 Å². The highest BCUT2D eigenvalue weighted by Crippen LogP contribution is 2.32. The highest BCUT2D eigenvalue weighted by Gasteiger charge is 2.29. The topological polar surface area (TPSA) is 107 Å². The minimum absolute atomic E-state index is 0.0628. The zero-order chi connectivity index (χ0) is 20.7. The van der Waals surface area contributed by atoms with Crippen LogP contribution in [0.1, 0.15) is 21.6 Å². The number of nitro benzene ring substituents is 1. The number of hydrogen-bond donors (Lipinski definition) is 1. The van der Waals surface area contributed by atoms with E-state index in [0.29, 0.717) is 27.8 Å². The van der Waals surface area contributed by atoms with E-state index in [1.54, 1.807) is 24.3 Å². The molecule has 4 rings (SSSR count). The molecule has 0 aliphatic carbocycles. The Kier molecular flexibility index (Phi) is 5.12. The van der Waals surface area contributed by atoms with Gasteiger partial charge in [0.25, 0.3) is 11.6 Å². The molecule has 1 atom stereocenters. The Labute approximate surface area is 177 Å². The fourth-order valence-electron chi connectivity index (χ4n) is 3.02. The van der Waals surface area contributed by atoms with Crippen molar-refractivity contribution in [3.8, 4) is 5.69 Å². The summed E-state index contributed by atoms with van der Waals surface area (Å²) >= 11 is 11.9. The number of hydrogen-bond acceptors (Lipinski definition) is 5. The molecule has 11 heteroatoms. The third kappa shape index (κ3) is 3.76. The zero-order valence-corrected chi connectivity index (χ0v) is 16.9. The van der Waals surface area contributed by atoms with E-state index in [1.807, 2.05) is 0 Å². The predicted molar refractivity (Wildman–Crippen MR) is 110 cm³/mol. The number of amides is 1. The molecular formula is C18H12Cl2N4O4S. The molecule has 0 bridgehead atoms. The summed E-state index contributed by atoms with van der Waals surface area (Å²) < 4.78 is 13.5. The van der Waals surface area contributed by atoms with Gasteiger partial charge in [-0.1, -0.05) is 29.3 Å². The quantitative estimate of drug-likeness (QED) is 0.475. The molecular weight excluding hydrogens is 439 g/mol. The molecule has 3 aromatic rings. The number of anilines is 1. The van der Waals surface area contributed by atoms with E-state index < -0.39 is 21.6 Å². The second-order valence-electron chi connectivity index (χ2n) is 6.27. The van der Waals surface area contributed by atoms with Gasteiger partial charge in [0.1, 0.15) is 10.8 Å². The van der Waals surface area contributed by atoms with Gasteiger partial charge < -0.3 is 5.32 Å².